The molecule has 0 atom stereocenters. The molecule has 2 aromatic carbocycles. The van der Waals surface area contributed by atoms with Gasteiger partial charge in [0.05, 0.1) is 0 Å². The Balaban J connectivity index is 1.41. The summed E-state index contributed by atoms with van der Waals surface area (Å²) in [5.74, 6) is 1.00. The van der Waals surface area contributed by atoms with Gasteiger partial charge in [0.15, 0.2) is 12.4 Å². The summed E-state index contributed by atoms with van der Waals surface area (Å²) in [7, 11) is 0. The number of carbonyl (C=O) groups excluding carboxylic acids is 1. The van der Waals surface area contributed by atoms with Crippen LogP contribution in [-0.2, 0) is 11.2 Å². The van der Waals surface area contributed by atoms with Gasteiger partial charge in [-0.3, -0.25) is 4.79 Å². The van der Waals surface area contributed by atoms with Crippen molar-refractivity contribution in [2.75, 3.05) is 23.8 Å². The molecule has 0 saturated carbocycles. The number of halogens is 1. The summed E-state index contributed by atoms with van der Waals surface area (Å²) in [6, 6.07) is 18.9. The standard InChI is InChI=1S/C20H19FN4O2/c21-16-8-6-15(7-9-16)12-13-22-18-10-11-19(25-24-18)23-20(26)14-27-17-4-2-1-3-5-17/h1-11H,12-14H2,(H,22,24)(H,23,25,26). The van der Waals surface area contributed by atoms with Crippen molar-refractivity contribution in [2.24, 2.45) is 0 Å². The highest BCUT2D eigenvalue weighted by Crippen LogP contribution is 2.10. The van der Waals surface area contributed by atoms with Gasteiger partial charge in [0.1, 0.15) is 17.4 Å². The summed E-state index contributed by atoms with van der Waals surface area (Å²) >= 11 is 0. The molecule has 3 aromatic rings. The molecule has 1 amide bonds. The first kappa shape index (κ1) is 18.3. The van der Waals surface area contributed by atoms with Crippen molar-refractivity contribution in [1.82, 2.24) is 10.2 Å². The van der Waals surface area contributed by atoms with Crippen LogP contribution in [0.25, 0.3) is 0 Å². The third kappa shape index (κ3) is 6.07. The van der Waals surface area contributed by atoms with Gasteiger partial charge in [-0.1, -0.05) is 30.3 Å². The van der Waals surface area contributed by atoms with Gasteiger partial charge in [-0.2, -0.15) is 0 Å². The normalized spacial score (nSPS) is 10.3. The smallest absolute Gasteiger partial charge is 0.263 e. The molecule has 1 aromatic heterocycles. The first-order chi connectivity index (χ1) is 13.2. The minimum atomic E-state index is -0.315. The number of aromatic nitrogens is 2. The zero-order chi connectivity index (χ0) is 18.9. The molecule has 6 nitrogen and oxygen atoms in total. The minimum Gasteiger partial charge on any atom is -0.484 e. The Morgan fingerprint density at radius 2 is 1.63 bits per heavy atom. The van der Waals surface area contributed by atoms with Crippen LogP contribution in [0.1, 0.15) is 5.56 Å². The second-order valence-corrected chi connectivity index (χ2v) is 5.76. The first-order valence-corrected chi connectivity index (χ1v) is 8.49. The molecule has 0 aliphatic heterocycles. The molecule has 27 heavy (non-hydrogen) atoms. The maximum absolute atomic E-state index is 12.9. The molecular weight excluding hydrogens is 347 g/mol. The highest BCUT2D eigenvalue weighted by Gasteiger charge is 2.05. The molecule has 3 rings (SSSR count). The Morgan fingerprint density at radius 3 is 2.33 bits per heavy atom. The number of carbonyl (C=O) groups is 1. The first-order valence-electron chi connectivity index (χ1n) is 8.49. The van der Waals surface area contributed by atoms with E-state index >= 15 is 0 Å². The van der Waals surface area contributed by atoms with Gasteiger partial charge in [0, 0.05) is 6.54 Å². The van der Waals surface area contributed by atoms with Crippen molar-refractivity contribution in [2.45, 2.75) is 6.42 Å². The molecule has 0 saturated heterocycles. The number of amides is 1. The lowest BCUT2D eigenvalue weighted by Crippen LogP contribution is -2.21. The second kappa shape index (κ2) is 9.28. The van der Waals surface area contributed by atoms with E-state index in [-0.39, 0.29) is 18.3 Å². The van der Waals surface area contributed by atoms with Gasteiger partial charge in [-0.15, -0.1) is 10.2 Å². The van der Waals surface area contributed by atoms with Crippen molar-refractivity contribution in [3.05, 3.63) is 78.1 Å². The second-order valence-electron chi connectivity index (χ2n) is 5.76. The molecular formula is C20H19FN4O2. The lowest BCUT2D eigenvalue weighted by Gasteiger charge is -2.08. The molecule has 138 valence electrons. The van der Waals surface area contributed by atoms with Crippen molar-refractivity contribution >= 4 is 17.5 Å². The Labute approximate surface area is 156 Å². The van der Waals surface area contributed by atoms with Crippen LogP contribution in [0.15, 0.2) is 66.7 Å². The Hall–Kier alpha value is -3.48. The summed E-state index contributed by atoms with van der Waals surface area (Å²) in [6.07, 6.45) is 0.733. The van der Waals surface area contributed by atoms with E-state index in [1.54, 1.807) is 36.4 Å². The zero-order valence-corrected chi connectivity index (χ0v) is 14.6. The van der Waals surface area contributed by atoms with E-state index in [4.69, 9.17) is 4.74 Å². The van der Waals surface area contributed by atoms with Crippen LogP contribution in [0, 0.1) is 5.82 Å². The predicted octanol–water partition coefficient (Wildman–Crippen LogP) is 3.29. The Kier molecular flexibility index (Phi) is 6.30. The van der Waals surface area contributed by atoms with E-state index in [0.29, 0.717) is 23.9 Å². The van der Waals surface area contributed by atoms with Gasteiger partial charge in [0.25, 0.3) is 5.91 Å². The maximum Gasteiger partial charge on any atom is 0.263 e. The average molecular weight is 366 g/mol. The number of benzene rings is 2. The fourth-order valence-electron chi connectivity index (χ4n) is 2.32. The van der Waals surface area contributed by atoms with Crippen LogP contribution >= 0.6 is 0 Å². The summed E-state index contributed by atoms with van der Waals surface area (Å²) < 4.78 is 18.2. The number of ether oxygens (including phenoxy) is 1. The Bertz CT molecular complexity index is 855. The summed E-state index contributed by atoms with van der Waals surface area (Å²) in [5.41, 5.74) is 1.03. The largest absolute Gasteiger partial charge is 0.484 e. The SMILES string of the molecule is O=C(COc1ccccc1)Nc1ccc(NCCc2ccc(F)cc2)nn1. The zero-order valence-electron chi connectivity index (χ0n) is 14.6. The molecule has 0 radical (unpaired) electrons. The molecule has 7 heteroatoms. The van der Waals surface area contributed by atoms with Crippen molar-refractivity contribution in [3.63, 3.8) is 0 Å². The molecule has 1 heterocycles. The lowest BCUT2D eigenvalue weighted by atomic mass is 10.1. The average Bonchev–Trinajstić information content (AvgIpc) is 2.70. The van der Waals surface area contributed by atoms with E-state index < -0.39 is 0 Å². The Morgan fingerprint density at radius 1 is 0.926 bits per heavy atom. The fourth-order valence-corrected chi connectivity index (χ4v) is 2.32. The van der Waals surface area contributed by atoms with E-state index in [2.05, 4.69) is 20.8 Å². The van der Waals surface area contributed by atoms with Crippen LogP contribution in [0.5, 0.6) is 5.75 Å². The predicted molar refractivity (Wildman–Crippen MR) is 101 cm³/mol. The minimum absolute atomic E-state index is 0.108. The highest BCUT2D eigenvalue weighted by atomic mass is 19.1. The third-order valence-corrected chi connectivity index (χ3v) is 3.68. The van der Waals surface area contributed by atoms with E-state index in [1.165, 1.54) is 12.1 Å². The van der Waals surface area contributed by atoms with Crippen LogP contribution in [0.4, 0.5) is 16.0 Å². The van der Waals surface area contributed by atoms with E-state index in [9.17, 15) is 9.18 Å². The molecule has 2 N–H and O–H groups in total. The van der Waals surface area contributed by atoms with Gasteiger partial charge < -0.3 is 15.4 Å². The summed E-state index contributed by atoms with van der Waals surface area (Å²) in [4.78, 5) is 11.9. The lowest BCUT2D eigenvalue weighted by molar-refractivity contribution is -0.118. The topological polar surface area (TPSA) is 76.1 Å². The van der Waals surface area contributed by atoms with Crippen LogP contribution in [-0.4, -0.2) is 29.3 Å². The third-order valence-electron chi connectivity index (χ3n) is 3.68. The van der Waals surface area contributed by atoms with Crippen LogP contribution in [0.3, 0.4) is 0 Å². The van der Waals surface area contributed by atoms with Crippen molar-refractivity contribution in [1.29, 1.82) is 0 Å². The van der Waals surface area contributed by atoms with Gasteiger partial charge >= 0.3 is 0 Å². The molecule has 0 aliphatic rings. The quantitative estimate of drug-likeness (QED) is 0.640. The van der Waals surface area contributed by atoms with Gasteiger partial charge in [-0.05, 0) is 48.4 Å². The molecule has 0 unspecified atom stereocenters. The number of nitrogens with one attached hydrogen (secondary N) is 2. The molecule has 0 spiro atoms. The number of hydrogen-bond acceptors (Lipinski definition) is 5. The number of para-hydroxylation sites is 1. The highest BCUT2D eigenvalue weighted by molar-refractivity contribution is 5.90. The fraction of sp³-hybridized carbons (Fsp3) is 0.150. The van der Waals surface area contributed by atoms with Crippen molar-refractivity contribution in [3.8, 4) is 5.75 Å². The van der Waals surface area contributed by atoms with Gasteiger partial charge in [-0.25, -0.2) is 4.39 Å². The van der Waals surface area contributed by atoms with Crippen molar-refractivity contribution < 1.29 is 13.9 Å². The van der Waals surface area contributed by atoms with E-state index in [0.717, 1.165) is 12.0 Å². The molecule has 0 fully saturated rings. The van der Waals surface area contributed by atoms with Crippen LogP contribution < -0.4 is 15.4 Å². The number of anilines is 2. The molecule has 0 bridgehead atoms. The van der Waals surface area contributed by atoms with E-state index in [1.807, 2.05) is 18.2 Å². The van der Waals surface area contributed by atoms with Crippen LogP contribution in [0.2, 0.25) is 0 Å². The maximum atomic E-state index is 12.9. The summed E-state index contributed by atoms with van der Waals surface area (Å²) in [6.45, 7) is 0.528. The monoisotopic (exact) mass is 366 g/mol. The molecule has 0 aliphatic carbocycles. The number of rotatable bonds is 8. The number of nitrogens with zero attached hydrogens (tertiary/aromatic N) is 2. The number of hydrogen-bond donors (Lipinski definition) is 2. The van der Waals surface area contributed by atoms with Gasteiger partial charge in [0.2, 0.25) is 0 Å². The summed E-state index contributed by atoms with van der Waals surface area (Å²) in [5, 5.41) is 13.7.